The summed E-state index contributed by atoms with van der Waals surface area (Å²) in [6.07, 6.45) is 33.0. The van der Waals surface area contributed by atoms with Crippen LogP contribution in [-0.2, 0) is 60.7 Å². The Morgan fingerprint density at radius 1 is 0.692 bits per heavy atom. The van der Waals surface area contributed by atoms with Gasteiger partial charge in [0.2, 0.25) is 0 Å². The summed E-state index contributed by atoms with van der Waals surface area (Å²) in [6.45, 7) is 28.7. The van der Waals surface area contributed by atoms with E-state index in [2.05, 4.69) is 61.5 Å². The number of aromatic hydroxyl groups is 1. The van der Waals surface area contributed by atoms with Crippen LogP contribution >= 0.6 is 0 Å². The lowest BCUT2D eigenvalue weighted by Crippen LogP contribution is -2.62. The van der Waals surface area contributed by atoms with Crippen LogP contribution in [0.15, 0.2) is 114 Å². The number of para-hydroxylation sites is 1. The number of rotatable bonds is 18. The number of esters is 1. The number of Topliss-reactive ketones (excluding diaryl/α,β-unsaturated/α-hetero) is 5. The van der Waals surface area contributed by atoms with Gasteiger partial charge in [0.1, 0.15) is 40.1 Å². The van der Waals surface area contributed by atoms with Crippen molar-refractivity contribution in [3.05, 3.63) is 125 Å². The number of aliphatic hydroxyl groups excluding tert-OH is 4. The second kappa shape index (κ2) is 38.6. The number of benzene rings is 2. The summed E-state index contributed by atoms with van der Waals surface area (Å²) in [5.74, 6) is 4.18. The number of carbonyl (C=O) groups excluding carboxylic acids is 9. The molecule has 2 aromatic heterocycles. The third-order valence-electron chi connectivity index (χ3n) is 30.4. The highest BCUT2D eigenvalue weighted by molar-refractivity contribution is 5.94. The van der Waals surface area contributed by atoms with Crippen LogP contribution in [0, 0.1) is 92.2 Å². The van der Waals surface area contributed by atoms with Crippen LogP contribution in [0.1, 0.15) is 263 Å². The number of ketones is 8. The molecule has 2 heterocycles. The lowest BCUT2D eigenvalue weighted by Gasteiger charge is -2.63. The summed E-state index contributed by atoms with van der Waals surface area (Å²) in [6, 6.07) is 13.1. The Balaban J connectivity index is 0.000000164. The van der Waals surface area contributed by atoms with Crippen LogP contribution in [0.2, 0.25) is 0 Å². The van der Waals surface area contributed by atoms with Gasteiger partial charge in [0.05, 0.1) is 31.5 Å². The van der Waals surface area contributed by atoms with Gasteiger partial charge in [0.15, 0.2) is 23.1 Å². The molecule has 0 spiro atoms. The number of aromatic amines is 2. The smallest absolute Gasteiger partial charge is 0.305 e. The largest absolute Gasteiger partial charge is 0.508 e. The zero-order chi connectivity index (χ0) is 86.2. The van der Waals surface area contributed by atoms with E-state index in [1.807, 2.05) is 70.4 Å². The number of phenols is 1. The second-order valence-electron chi connectivity index (χ2n) is 38.4. The minimum atomic E-state index is -1.29. The lowest BCUT2D eigenvalue weighted by atomic mass is 9.43. The first-order chi connectivity index (χ1) is 55.0. The van der Waals surface area contributed by atoms with Crippen molar-refractivity contribution in [1.29, 1.82) is 0 Å². The zero-order valence-corrected chi connectivity index (χ0v) is 72.8. The molecule has 2 aromatic carbocycles. The minimum absolute atomic E-state index is 0.0283. The molecule has 0 saturated heterocycles. The van der Waals surface area contributed by atoms with Crippen molar-refractivity contribution in [3.63, 3.8) is 0 Å². The number of methoxy groups -OCH3 is 1. The van der Waals surface area contributed by atoms with Crippen molar-refractivity contribution in [1.82, 2.24) is 9.97 Å². The van der Waals surface area contributed by atoms with Gasteiger partial charge in [-0.15, -0.1) is 0 Å². The van der Waals surface area contributed by atoms with E-state index in [1.165, 1.54) is 31.8 Å². The number of ether oxygens (including phenoxy) is 1. The highest BCUT2D eigenvalue weighted by Crippen LogP contribution is 2.70. The summed E-state index contributed by atoms with van der Waals surface area (Å²) >= 11 is 0. The minimum Gasteiger partial charge on any atom is -0.508 e. The van der Waals surface area contributed by atoms with Crippen molar-refractivity contribution in [2.24, 2.45) is 92.2 Å². The quantitative estimate of drug-likeness (QED) is 0.0193. The van der Waals surface area contributed by atoms with Crippen LogP contribution in [0.25, 0.3) is 21.8 Å². The van der Waals surface area contributed by atoms with Crippen molar-refractivity contribution < 1.29 is 83.6 Å². The standard InChI is InChI=1S/C25H42O4.C22H32O4.C16H22O3.C13H20O3.C11H11NO2.C11H11NO/c1-14(5-6-15(2)26)18-7-8-19-23-20(13-22(29)25(18,19)4)24(3)10-9-17(27)11-16(24)12-21(23)28;1-4-18(25)22(26)10-8-16-15-6-5-13-11-14(23)7-9-20(13,2)19(15)17(24)12-21(16,22)3;1-11(8-13(3)17)6-7-16(19)12(2)9-14(18)10-15(16,4)5;1-3-4-5-6-11-10(7-8-12(11)14)9-13(15)16-2;1-7(13)4-8-6-12-11-3-2-9(14)5-10(8)11;1-8(13)6-9-7-12-11-5-3-2-4-10(9)11/h14,16-23,27-29H,5-13H2,1-4H3;11,15-17,19,24,26H,4-10,12H2,1-3H3;6-9,19H,10H2,1-5H3;4-5,10-11H,3,6-9H2,1-2H3;2-3,5-6,12,14H,4H2,1H3;2-5,7,12H,6H2,1H3/b;;7-6+,11-8-;5-4-;;/t14-,16+,17-,18-,19+,20+,21-,22+,23+,24+,25-;15-,16-,17-,19+,20-,21-,22-;16-;10-,11-;;/m1011../s1. The number of hydrogen-bond acceptors (Lipinski definition) is 17. The zero-order valence-electron chi connectivity index (χ0n) is 72.8. The monoisotopic (exact) mass is 1610 g/mol. The maximum atomic E-state index is 12.6. The van der Waals surface area contributed by atoms with Gasteiger partial charge < -0.3 is 55.2 Å². The molecule has 19 heteroatoms. The van der Waals surface area contributed by atoms with E-state index >= 15 is 0 Å². The summed E-state index contributed by atoms with van der Waals surface area (Å²) in [7, 11) is 1.39. The molecule has 10 aliphatic carbocycles. The Bertz CT molecular complexity index is 4430. The number of phenolic OH excluding ortho intramolecular Hbond substituents is 1. The molecule has 21 atom stereocenters. The molecular formula is C98H138N2O17. The van der Waals surface area contributed by atoms with Gasteiger partial charge in [0, 0.05) is 102 Å². The van der Waals surface area contributed by atoms with Crippen LogP contribution in [0.3, 0.4) is 0 Å². The van der Waals surface area contributed by atoms with Crippen molar-refractivity contribution >= 4 is 74.0 Å². The molecule has 642 valence electrons. The summed E-state index contributed by atoms with van der Waals surface area (Å²) < 4.78 is 4.65. The topological polar surface area (TPSA) is 336 Å². The Morgan fingerprint density at radius 3 is 1.99 bits per heavy atom. The van der Waals surface area contributed by atoms with E-state index in [4.69, 9.17) is 0 Å². The van der Waals surface area contributed by atoms with E-state index in [0.29, 0.717) is 111 Å². The van der Waals surface area contributed by atoms with E-state index in [9.17, 15) is 78.9 Å². The maximum Gasteiger partial charge on any atom is 0.305 e. The van der Waals surface area contributed by atoms with Gasteiger partial charge in [0.25, 0.3) is 0 Å². The van der Waals surface area contributed by atoms with Gasteiger partial charge >= 0.3 is 5.97 Å². The normalized spacial score (nSPS) is 34.7. The Kier molecular flexibility index (Phi) is 30.8. The molecule has 0 radical (unpaired) electrons. The summed E-state index contributed by atoms with van der Waals surface area (Å²) in [4.78, 5) is 110. The first-order valence-electron chi connectivity index (χ1n) is 43.6. The lowest BCUT2D eigenvalue weighted by molar-refractivity contribution is -0.207. The average molecular weight is 1620 g/mol. The van der Waals surface area contributed by atoms with E-state index in [1.54, 1.807) is 65.0 Å². The first kappa shape index (κ1) is 93.5. The van der Waals surface area contributed by atoms with Gasteiger partial charge in [-0.05, 0) is 297 Å². The van der Waals surface area contributed by atoms with E-state index in [-0.39, 0.29) is 116 Å². The van der Waals surface area contributed by atoms with Gasteiger partial charge in [-0.2, -0.15) is 0 Å². The van der Waals surface area contributed by atoms with Gasteiger partial charge in [-0.25, -0.2) is 0 Å². The molecule has 117 heavy (non-hydrogen) atoms. The molecule has 19 nitrogen and oxygen atoms in total. The Hall–Kier alpha value is -7.39. The fourth-order valence-electron chi connectivity index (χ4n) is 24.1. The van der Waals surface area contributed by atoms with Crippen LogP contribution < -0.4 is 0 Å². The van der Waals surface area contributed by atoms with E-state index in [0.717, 1.165) is 135 Å². The van der Waals surface area contributed by atoms with Crippen molar-refractivity contribution in [3.8, 4) is 5.75 Å². The molecular weight excluding hydrogens is 1480 g/mol. The Labute approximate surface area is 694 Å². The predicted octanol–water partition coefficient (Wildman–Crippen LogP) is 16.7. The molecule has 0 bridgehead atoms. The van der Waals surface area contributed by atoms with Gasteiger partial charge in [-0.1, -0.05) is 104 Å². The number of allylic oxidation sites excluding steroid dienone is 7. The molecule has 9 N–H and O–H groups in total. The molecule has 14 rings (SSSR count). The summed E-state index contributed by atoms with van der Waals surface area (Å²) in [5.41, 5.74) is 3.00. The molecule has 10 aliphatic rings. The molecule has 8 saturated carbocycles. The predicted molar refractivity (Wildman–Crippen MR) is 456 cm³/mol. The number of hydrogen-bond donors (Lipinski definition) is 9. The molecule has 8 fully saturated rings. The molecule has 0 unspecified atom stereocenters. The average Bonchev–Trinajstić information content (AvgIpc) is 1.62. The fourth-order valence-corrected chi connectivity index (χ4v) is 24.1. The molecule has 4 aromatic rings. The summed E-state index contributed by atoms with van der Waals surface area (Å²) in [5, 5.41) is 77.8. The van der Waals surface area contributed by atoms with Crippen LogP contribution in [0.5, 0.6) is 5.75 Å². The highest BCUT2D eigenvalue weighted by Gasteiger charge is 2.69. The maximum absolute atomic E-state index is 12.6. The molecule has 0 amide bonds. The number of carbonyl (C=O) groups is 9. The fraction of sp³-hybridized carbons (Fsp3) is 0.643. The number of aliphatic hydroxyl groups is 6. The van der Waals surface area contributed by atoms with Crippen LogP contribution in [-0.4, -0.2) is 141 Å². The van der Waals surface area contributed by atoms with Crippen molar-refractivity contribution in [2.45, 2.75) is 300 Å². The highest BCUT2D eigenvalue weighted by atomic mass is 16.5. The van der Waals surface area contributed by atoms with Gasteiger partial charge in [-0.3, -0.25) is 38.4 Å². The first-order valence-corrected chi connectivity index (χ1v) is 43.6. The third kappa shape index (κ3) is 20.1. The number of aromatic nitrogens is 2. The third-order valence-corrected chi connectivity index (χ3v) is 30.4. The Morgan fingerprint density at radius 2 is 1.36 bits per heavy atom. The molecule has 0 aliphatic heterocycles. The van der Waals surface area contributed by atoms with E-state index < -0.39 is 28.1 Å². The van der Waals surface area contributed by atoms with Crippen LogP contribution in [0.4, 0.5) is 0 Å². The number of H-pyrrole nitrogens is 2. The SMILES string of the molecule is CC(=O)/C=C(C)\C=C\[C@@]1(O)C(C)=CC(=O)CC1(C)C.CC(=O)CC[C@@H](C)[C@H]1CC[C@H]2[C@@H]3[C@H](O)C[C@@H]4C[C@H](O)CC[C@]4(C)[C@H]3C[C@H](O)[C@]12C.CC(=O)Cc1c[nH]c2ccc(O)cc12.CC(=O)Cc1c[nH]c2ccccc12.CC/C=C\C[C@H]1C(=O)CC[C@@H]1CC(=O)OC.CCC(=O)[C@@]1(O)CC[C@H]2[C@@H]3CCC4=CC(=O)CC[C@]4(C)[C@H]3[C@@H](O)C[C@@]21C. The number of nitrogens with one attached hydrogen (secondary N) is 2. The number of fused-ring (bicyclic) bond motifs is 12. The second-order valence-corrected chi connectivity index (χ2v) is 38.4. The van der Waals surface area contributed by atoms with Crippen molar-refractivity contribution in [2.75, 3.05) is 7.11 Å².